The fourth-order valence-electron chi connectivity index (χ4n) is 3.77. The Hall–Kier alpha value is -2.33. The van der Waals surface area contributed by atoms with Crippen molar-refractivity contribution in [2.24, 2.45) is 0 Å². The first-order valence-corrected chi connectivity index (χ1v) is 10.1. The van der Waals surface area contributed by atoms with Crippen molar-refractivity contribution < 1.29 is 19.2 Å². The normalized spacial score (nSPS) is 24.2. The number of nitro groups is 1. The molecule has 2 fully saturated rings. The molecule has 2 amide bonds. The van der Waals surface area contributed by atoms with Crippen LogP contribution >= 0.6 is 12.6 Å². The standard InChI is InChI=1S/C19H26N4O5S/c1-20(2)15-7-8-21(10-15)18(24)17-9-16(29)11-22(17)19(25)28-12-13-3-5-14(6-4-13)23(26)27/h3-6,15-17,29H,7-12H2,1-2H3/t15-,16-,17-/m0/s1. The summed E-state index contributed by atoms with van der Waals surface area (Å²) >= 11 is 4.47. The highest BCUT2D eigenvalue weighted by molar-refractivity contribution is 7.81. The maximum atomic E-state index is 13.0. The quantitative estimate of drug-likeness (QED) is 0.441. The number of carbonyl (C=O) groups is 2. The van der Waals surface area contributed by atoms with E-state index in [1.54, 1.807) is 12.1 Å². The molecule has 2 aliphatic heterocycles. The number of carbonyl (C=O) groups excluding carboxylic acids is 2. The van der Waals surface area contributed by atoms with E-state index in [0.717, 1.165) is 6.42 Å². The van der Waals surface area contributed by atoms with Gasteiger partial charge >= 0.3 is 6.09 Å². The molecule has 2 saturated heterocycles. The molecule has 29 heavy (non-hydrogen) atoms. The van der Waals surface area contributed by atoms with Crippen molar-refractivity contribution in [1.82, 2.24) is 14.7 Å². The topological polar surface area (TPSA) is 96.2 Å². The zero-order chi connectivity index (χ0) is 21.1. The second-order valence-corrected chi connectivity index (χ2v) is 8.46. The molecule has 3 rings (SSSR count). The molecule has 0 unspecified atom stereocenters. The zero-order valence-corrected chi connectivity index (χ0v) is 17.5. The van der Waals surface area contributed by atoms with E-state index in [4.69, 9.17) is 4.74 Å². The average molecular weight is 423 g/mol. The number of hydrogen-bond acceptors (Lipinski definition) is 7. The minimum atomic E-state index is -0.568. The average Bonchev–Trinajstić information content (AvgIpc) is 3.33. The van der Waals surface area contributed by atoms with E-state index in [9.17, 15) is 19.7 Å². The summed E-state index contributed by atoms with van der Waals surface area (Å²) in [5.41, 5.74) is 0.617. The molecule has 0 spiro atoms. The van der Waals surface area contributed by atoms with Gasteiger partial charge in [-0.05, 0) is 44.6 Å². The van der Waals surface area contributed by atoms with Crippen molar-refractivity contribution in [3.8, 4) is 0 Å². The van der Waals surface area contributed by atoms with Crippen LogP contribution in [0.1, 0.15) is 18.4 Å². The smallest absolute Gasteiger partial charge is 0.410 e. The Morgan fingerprint density at radius 3 is 2.55 bits per heavy atom. The van der Waals surface area contributed by atoms with Crippen LogP contribution in [0.2, 0.25) is 0 Å². The Bertz CT molecular complexity index is 772. The fourth-order valence-corrected chi connectivity index (χ4v) is 4.14. The molecule has 0 N–H and O–H groups in total. The summed E-state index contributed by atoms with van der Waals surface area (Å²) in [6, 6.07) is 5.58. The Balaban J connectivity index is 1.59. The third-order valence-electron chi connectivity index (χ3n) is 5.51. The highest BCUT2D eigenvalue weighted by Crippen LogP contribution is 2.26. The van der Waals surface area contributed by atoms with E-state index >= 15 is 0 Å². The van der Waals surface area contributed by atoms with Crippen LogP contribution in [0.25, 0.3) is 0 Å². The minimum absolute atomic E-state index is 0.0160. The lowest BCUT2D eigenvalue weighted by atomic mass is 10.2. The molecule has 2 heterocycles. The van der Waals surface area contributed by atoms with E-state index in [1.165, 1.54) is 17.0 Å². The molecule has 0 aliphatic carbocycles. The lowest BCUT2D eigenvalue weighted by Gasteiger charge is -2.27. The van der Waals surface area contributed by atoms with Crippen LogP contribution in [0.3, 0.4) is 0 Å². The number of likely N-dealkylation sites (tertiary alicyclic amines) is 2. The van der Waals surface area contributed by atoms with Crippen LogP contribution in [0.15, 0.2) is 24.3 Å². The molecule has 9 nitrogen and oxygen atoms in total. The van der Waals surface area contributed by atoms with Gasteiger partial charge in [-0.2, -0.15) is 12.6 Å². The van der Waals surface area contributed by atoms with Crippen molar-refractivity contribution in [2.45, 2.75) is 36.8 Å². The number of rotatable bonds is 5. The largest absolute Gasteiger partial charge is 0.445 e. The van der Waals surface area contributed by atoms with Gasteiger partial charge in [0.1, 0.15) is 12.6 Å². The van der Waals surface area contributed by atoms with Crippen molar-refractivity contribution in [3.05, 3.63) is 39.9 Å². The predicted octanol–water partition coefficient (Wildman–Crippen LogP) is 1.77. The fraction of sp³-hybridized carbons (Fsp3) is 0.579. The van der Waals surface area contributed by atoms with Gasteiger partial charge in [0, 0.05) is 43.1 Å². The molecule has 0 aromatic heterocycles. The predicted molar refractivity (Wildman–Crippen MR) is 110 cm³/mol. The van der Waals surface area contributed by atoms with E-state index in [0.29, 0.717) is 37.7 Å². The van der Waals surface area contributed by atoms with Gasteiger partial charge in [-0.3, -0.25) is 19.8 Å². The molecule has 0 saturated carbocycles. The number of ether oxygens (including phenoxy) is 1. The third kappa shape index (κ3) is 4.99. The van der Waals surface area contributed by atoms with Gasteiger partial charge in [-0.15, -0.1) is 0 Å². The summed E-state index contributed by atoms with van der Waals surface area (Å²) in [7, 11) is 4.00. The SMILES string of the molecule is CN(C)[C@H]1CCN(C(=O)[C@@H]2C[C@H](S)CN2C(=O)OCc2ccc([N+](=O)[O-])cc2)C1. The van der Waals surface area contributed by atoms with Crippen molar-refractivity contribution >= 4 is 30.3 Å². The Morgan fingerprint density at radius 2 is 1.97 bits per heavy atom. The van der Waals surface area contributed by atoms with Crippen molar-refractivity contribution in [3.63, 3.8) is 0 Å². The molecular formula is C19H26N4O5S. The maximum Gasteiger partial charge on any atom is 0.410 e. The van der Waals surface area contributed by atoms with Gasteiger partial charge in [-0.1, -0.05) is 0 Å². The van der Waals surface area contributed by atoms with E-state index < -0.39 is 17.1 Å². The number of non-ortho nitro benzene ring substituents is 1. The zero-order valence-electron chi connectivity index (χ0n) is 16.6. The molecule has 3 atom stereocenters. The van der Waals surface area contributed by atoms with Gasteiger partial charge < -0.3 is 14.5 Å². The van der Waals surface area contributed by atoms with Crippen LogP contribution in [0.4, 0.5) is 10.5 Å². The Morgan fingerprint density at radius 1 is 1.28 bits per heavy atom. The lowest BCUT2D eigenvalue weighted by Crippen LogP contribution is -2.48. The lowest BCUT2D eigenvalue weighted by molar-refractivity contribution is -0.384. The summed E-state index contributed by atoms with van der Waals surface area (Å²) in [6.07, 6.45) is 0.847. The molecule has 2 aliphatic rings. The van der Waals surface area contributed by atoms with Crippen LogP contribution in [0, 0.1) is 10.1 Å². The molecule has 10 heteroatoms. The van der Waals surface area contributed by atoms with Gasteiger partial charge in [0.25, 0.3) is 5.69 Å². The second kappa shape index (κ2) is 9.00. The Labute approximate surface area is 175 Å². The summed E-state index contributed by atoms with van der Waals surface area (Å²) in [6.45, 7) is 1.67. The molecular weight excluding hydrogens is 396 g/mol. The number of thiol groups is 1. The summed E-state index contributed by atoms with van der Waals surface area (Å²) < 4.78 is 5.37. The summed E-state index contributed by atoms with van der Waals surface area (Å²) in [5.74, 6) is -0.0572. The number of benzene rings is 1. The first kappa shape index (κ1) is 21.4. The van der Waals surface area contributed by atoms with Crippen LogP contribution in [0.5, 0.6) is 0 Å². The van der Waals surface area contributed by atoms with Gasteiger partial charge in [0.15, 0.2) is 0 Å². The van der Waals surface area contributed by atoms with Gasteiger partial charge in [-0.25, -0.2) is 4.79 Å². The molecule has 0 bridgehead atoms. The molecule has 1 aromatic carbocycles. The van der Waals surface area contributed by atoms with E-state index in [-0.39, 0.29) is 23.5 Å². The first-order valence-electron chi connectivity index (χ1n) is 9.56. The molecule has 158 valence electrons. The number of likely N-dealkylation sites (N-methyl/N-ethyl adjacent to an activating group) is 1. The summed E-state index contributed by atoms with van der Waals surface area (Å²) in [5, 5.41) is 10.6. The number of hydrogen-bond donors (Lipinski definition) is 1. The number of nitro benzene ring substituents is 1. The van der Waals surface area contributed by atoms with Crippen LogP contribution < -0.4 is 0 Å². The maximum absolute atomic E-state index is 13.0. The van der Waals surface area contributed by atoms with Gasteiger partial charge in [0.05, 0.1) is 4.92 Å². The van der Waals surface area contributed by atoms with Crippen LogP contribution in [-0.4, -0.2) is 82.7 Å². The Kier molecular flexibility index (Phi) is 6.63. The molecule has 1 aromatic rings. The van der Waals surface area contributed by atoms with Crippen LogP contribution in [-0.2, 0) is 16.1 Å². The summed E-state index contributed by atoms with van der Waals surface area (Å²) in [4.78, 5) is 41.3. The second-order valence-electron chi connectivity index (χ2n) is 7.73. The monoisotopic (exact) mass is 422 g/mol. The van der Waals surface area contributed by atoms with E-state index in [1.807, 2.05) is 19.0 Å². The highest BCUT2D eigenvalue weighted by Gasteiger charge is 2.42. The van der Waals surface area contributed by atoms with E-state index in [2.05, 4.69) is 17.5 Å². The van der Waals surface area contributed by atoms with Crippen molar-refractivity contribution in [2.75, 3.05) is 33.7 Å². The number of amides is 2. The first-order chi connectivity index (χ1) is 13.8. The number of nitrogens with zero attached hydrogens (tertiary/aromatic N) is 4. The van der Waals surface area contributed by atoms with Crippen molar-refractivity contribution in [1.29, 1.82) is 0 Å². The third-order valence-corrected chi connectivity index (χ3v) is 5.89. The highest BCUT2D eigenvalue weighted by atomic mass is 32.1. The minimum Gasteiger partial charge on any atom is -0.445 e. The van der Waals surface area contributed by atoms with Gasteiger partial charge in [0.2, 0.25) is 5.91 Å². The molecule has 0 radical (unpaired) electrons.